The molecule has 0 aliphatic carbocycles. The molecule has 0 aromatic rings. The van der Waals surface area contributed by atoms with E-state index in [4.69, 9.17) is 14.7 Å². The molecule has 0 aromatic carbocycles. The molecule has 6 nitrogen and oxygen atoms in total. The normalized spacial score (nSPS) is 12.7. The van der Waals surface area contributed by atoms with E-state index in [-0.39, 0.29) is 12.1 Å². The van der Waals surface area contributed by atoms with E-state index in [1.54, 1.807) is 0 Å². The highest BCUT2D eigenvalue weighted by molar-refractivity contribution is 6.69. The van der Waals surface area contributed by atoms with Gasteiger partial charge in [0.05, 0.1) is 19.3 Å². The number of carbonyl (C=O) groups is 1. The third-order valence-corrected chi connectivity index (χ3v) is 2.88. The highest BCUT2D eigenvalue weighted by Gasteiger charge is 2.20. The van der Waals surface area contributed by atoms with Gasteiger partial charge in [-0.05, 0) is 38.0 Å². The molecule has 0 N–H and O–H groups in total. The Morgan fingerprint density at radius 3 is 2.59 bits per heavy atom. The van der Waals surface area contributed by atoms with Gasteiger partial charge in [-0.2, -0.15) is 0 Å². The quantitative estimate of drug-likeness (QED) is 0.168. The standard InChI is InChI=1S/C10H21N3O3Si/c1-9(14)15-7-5-6-10(8-12-13-11)16-17(2,3)4/h10H,5-8H2,1-4H3. The van der Waals surface area contributed by atoms with Crippen molar-refractivity contribution in [2.24, 2.45) is 5.11 Å². The van der Waals surface area contributed by atoms with Crippen LogP contribution in [0.15, 0.2) is 5.11 Å². The van der Waals surface area contributed by atoms with Crippen LogP contribution in [0.4, 0.5) is 0 Å². The van der Waals surface area contributed by atoms with Crippen LogP contribution in [-0.2, 0) is 14.0 Å². The molecule has 0 fully saturated rings. The lowest BCUT2D eigenvalue weighted by molar-refractivity contribution is -0.141. The summed E-state index contributed by atoms with van der Waals surface area (Å²) in [6.45, 7) is 8.36. The Bertz CT molecular complexity index is 285. The fourth-order valence-corrected chi connectivity index (χ4v) is 2.53. The van der Waals surface area contributed by atoms with Gasteiger partial charge in [0, 0.05) is 11.8 Å². The molecule has 0 saturated carbocycles. The van der Waals surface area contributed by atoms with E-state index in [0.717, 1.165) is 12.8 Å². The summed E-state index contributed by atoms with van der Waals surface area (Å²) < 4.78 is 10.7. The summed E-state index contributed by atoms with van der Waals surface area (Å²) >= 11 is 0. The number of nitrogens with zero attached hydrogens (tertiary/aromatic N) is 3. The predicted octanol–water partition coefficient (Wildman–Crippen LogP) is 2.86. The molecule has 1 atom stereocenters. The second kappa shape index (κ2) is 8.11. The summed E-state index contributed by atoms with van der Waals surface area (Å²) in [5.74, 6) is -0.275. The third kappa shape index (κ3) is 11.2. The molecule has 0 amide bonds. The summed E-state index contributed by atoms with van der Waals surface area (Å²) in [6, 6.07) is 0. The Morgan fingerprint density at radius 2 is 2.12 bits per heavy atom. The van der Waals surface area contributed by atoms with Crippen LogP contribution < -0.4 is 0 Å². The van der Waals surface area contributed by atoms with E-state index in [9.17, 15) is 4.79 Å². The molecule has 0 heterocycles. The first kappa shape index (κ1) is 16.0. The van der Waals surface area contributed by atoms with E-state index in [2.05, 4.69) is 29.7 Å². The SMILES string of the molecule is CC(=O)OCCCC(CN=[N+]=[N-])O[Si](C)(C)C. The lowest BCUT2D eigenvalue weighted by Gasteiger charge is -2.25. The molecular formula is C10H21N3O3Si. The molecular weight excluding hydrogens is 238 g/mol. The number of azide groups is 1. The number of hydrogen-bond acceptors (Lipinski definition) is 4. The van der Waals surface area contributed by atoms with Crippen LogP contribution in [0.5, 0.6) is 0 Å². The van der Waals surface area contributed by atoms with Crippen molar-refractivity contribution in [2.75, 3.05) is 13.2 Å². The molecule has 0 rings (SSSR count). The maximum absolute atomic E-state index is 10.6. The fraction of sp³-hybridized carbons (Fsp3) is 0.900. The van der Waals surface area contributed by atoms with Crippen molar-refractivity contribution in [1.82, 2.24) is 0 Å². The highest BCUT2D eigenvalue weighted by atomic mass is 28.4. The van der Waals surface area contributed by atoms with Crippen LogP contribution in [0.2, 0.25) is 19.6 Å². The topological polar surface area (TPSA) is 84.3 Å². The molecule has 0 spiro atoms. The number of rotatable bonds is 8. The average Bonchev–Trinajstić information content (AvgIpc) is 2.18. The average molecular weight is 259 g/mol. The van der Waals surface area contributed by atoms with Gasteiger partial charge in [-0.25, -0.2) is 0 Å². The van der Waals surface area contributed by atoms with Crippen LogP contribution in [0.25, 0.3) is 10.4 Å². The molecule has 0 saturated heterocycles. The van der Waals surface area contributed by atoms with Crippen molar-refractivity contribution in [3.05, 3.63) is 10.4 Å². The largest absolute Gasteiger partial charge is 0.466 e. The Balaban J connectivity index is 4.01. The molecule has 7 heteroatoms. The van der Waals surface area contributed by atoms with Gasteiger partial charge in [0.15, 0.2) is 8.32 Å². The summed E-state index contributed by atoms with van der Waals surface area (Å²) in [7, 11) is -1.64. The molecule has 0 radical (unpaired) electrons. The Hall–Kier alpha value is -1.04. The molecule has 17 heavy (non-hydrogen) atoms. The van der Waals surface area contributed by atoms with E-state index >= 15 is 0 Å². The minimum Gasteiger partial charge on any atom is -0.466 e. The van der Waals surface area contributed by atoms with Crippen LogP contribution in [-0.4, -0.2) is 33.5 Å². The van der Waals surface area contributed by atoms with Crippen molar-refractivity contribution in [3.63, 3.8) is 0 Å². The minimum atomic E-state index is -1.64. The zero-order valence-corrected chi connectivity index (χ0v) is 12.0. The van der Waals surface area contributed by atoms with Gasteiger partial charge >= 0.3 is 5.97 Å². The molecule has 0 aliphatic heterocycles. The monoisotopic (exact) mass is 259 g/mol. The number of esters is 1. The van der Waals surface area contributed by atoms with Crippen molar-refractivity contribution in [2.45, 2.75) is 45.5 Å². The van der Waals surface area contributed by atoms with Gasteiger partial charge in [0.25, 0.3) is 0 Å². The van der Waals surface area contributed by atoms with Gasteiger partial charge in [0.1, 0.15) is 0 Å². The highest BCUT2D eigenvalue weighted by Crippen LogP contribution is 2.12. The first-order chi connectivity index (χ1) is 7.85. The van der Waals surface area contributed by atoms with Crippen molar-refractivity contribution >= 4 is 14.3 Å². The van der Waals surface area contributed by atoms with E-state index < -0.39 is 8.32 Å². The van der Waals surface area contributed by atoms with Crippen molar-refractivity contribution in [1.29, 1.82) is 0 Å². The lowest BCUT2D eigenvalue weighted by atomic mass is 10.2. The smallest absolute Gasteiger partial charge is 0.302 e. The van der Waals surface area contributed by atoms with Crippen LogP contribution >= 0.6 is 0 Å². The van der Waals surface area contributed by atoms with Crippen molar-refractivity contribution in [3.8, 4) is 0 Å². The molecule has 98 valence electrons. The van der Waals surface area contributed by atoms with E-state index in [1.165, 1.54) is 6.92 Å². The minimum absolute atomic E-state index is 0.0758. The maximum atomic E-state index is 10.6. The fourth-order valence-electron chi connectivity index (χ4n) is 1.34. The predicted molar refractivity (Wildman–Crippen MR) is 68.1 cm³/mol. The molecule has 1 unspecified atom stereocenters. The Labute approximate surface area is 103 Å². The second-order valence-electron chi connectivity index (χ2n) is 4.75. The van der Waals surface area contributed by atoms with Gasteiger partial charge in [-0.3, -0.25) is 4.79 Å². The summed E-state index contributed by atoms with van der Waals surface area (Å²) in [6.07, 6.45) is 1.37. The van der Waals surface area contributed by atoms with Crippen LogP contribution in [0.1, 0.15) is 19.8 Å². The van der Waals surface area contributed by atoms with Gasteiger partial charge in [0.2, 0.25) is 0 Å². The zero-order chi connectivity index (χ0) is 13.3. The van der Waals surface area contributed by atoms with Gasteiger partial charge in [-0.15, -0.1) is 0 Å². The number of carbonyl (C=O) groups excluding carboxylic acids is 1. The second-order valence-corrected chi connectivity index (χ2v) is 9.21. The van der Waals surface area contributed by atoms with Gasteiger partial charge < -0.3 is 9.16 Å². The van der Waals surface area contributed by atoms with E-state index in [1.807, 2.05) is 0 Å². The van der Waals surface area contributed by atoms with Crippen LogP contribution in [0.3, 0.4) is 0 Å². The molecule has 0 bridgehead atoms. The lowest BCUT2D eigenvalue weighted by Crippen LogP contribution is -2.33. The summed E-state index contributed by atoms with van der Waals surface area (Å²) in [5.41, 5.74) is 8.30. The number of hydrogen-bond donors (Lipinski definition) is 0. The van der Waals surface area contributed by atoms with Crippen molar-refractivity contribution < 1.29 is 14.0 Å². The molecule has 0 aliphatic rings. The zero-order valence-electron chi connectivity index (χ0n) is 11.0. The first-order valence-electron chi connectivity index (χ1n) is 5.67. The third-order valence-electron chi connectivity index (χ3n) is 1.84. The molecule has 0 aromatic heterocycles. The van der Waals surface area contributed by atoms with Gasteiger partial charge in [-0.1, -0.05) is 5.11 Å². The first-order valence-corrected chi connectivity index (χ1v) is 9.08. The number of ether oxygens (including phenoxy) is 1. The van der Waals surface area contributed by atoms with E-state index in [0.29, 0.717) is 13.2 Å². The maximum Gasteiger partial charge on any atom is 0.302 e. The Morgan fingerprint density at radius 1 is 1.47 bits per heavy atom. The Kier molecular flexibility index (Phi) is 7.61. The summed E-state index contributed by atoms with van der Waals surface area (Å²) in [5, 5.41) is 3.54. The van der Waals surface area contributed by atoms with Crippen LogP contribution in [0, 0.1) is 0 Å². The summed E-state index contributed by atoms with van der Waals surface area (Å²) in [4.78, 5) is 13.3.